The SMILES string of the molecule is O=C(O)c1cc2ccccc2nc1NC1CC2CCC1C2. The van der Waals surface area contributed by atoms with E-state index in [1.54, 1.807) is 6.07 Å². The van der Waals surface area contributed by atoms with Crippen molar-refractivity contribution in [3.05, 3.63) is 35.9 Å². The summed E-state index contributed by atoms with van der Waals surface area (Å²) in [5.41, 5.74) is 1.12. The molecular formula is C17H18N2O2. The van der Waals surface area contributed by atoms with Crippen molar-refractivity contribution in [1.82, 2.24) is 4.98 Å². The lowest BCUT2D eigenvalue weighted by atomic mass is 9.95. The van der Waals surface area contributed by atoms with Crippen LogP contribution in [0.1, 0.15) is 36.0 Å². The van der Waals surface area contributed by atoms with E-state index in [4.69, 9.17) is 0 Å². The second kappa shape index (κ2) is 4.72. The molecule has 2 bridgehead atoms. The Morgan fingerprint density at radius 2 is 2.10 bits per heavy atom. The molecule has 4 rings (SSSR count). The van der Waals surface area contributed by atoms with Gasteiger partial charge < -0.3 is 10.4 Å². The van der Waals surface area contributed by atoms with E-state index in [-0.39, 0.29) is 5.56 Å². The van der Waals surface area contributed by atoms with E-state index < -0.39 is 5.97 Å². The highest BCUT2D eigenvalue weighted by Gasteiger charge is 2.39. The summed E-state index contributed by atoms with van der Waals surface area (Å²) in [6.07, 6.45) is 5.03. The smallest absolute Gasteiger partial charge is 0.339 e. The number of hydrogen-bond donors (Lipinski definition) is 2. The van der Waals surface area contributed by atoms with Crippen LogP contribution >= 0.6 is 0 Å². The van der Waals surface area contributed by atoms with Crippen molar-refractivity contribution in [1.29, 1.82) is 0 Å². The molecule has 108 valence electrons. The number of aromatic carboxylic acids is 1. The van der Waals surface area contributed by atoms with Crippen LogP contribution in [0.4, 0.5) is 5.82 Å². The fourth-order valence-electron chi connectivity index (χ4n) is 3.99. The Kier molecular flexibility index (Phi) is 2.84. The van der Waals surface area contributed by atoms with Crippen LogP contribution in [0.5, 0.6) is 0 Å². The number of rotatable bonds is 3. The highest BCUT2D eigenvalue weighted by molar-refractivity contribution is 5.98. The number of para-hydroxylation sites is 1. The van der Waals surface area contributed by atoms with Gasteiger partial charge in [-0.2, -0.15) is 0 Å². The number of carboxylic acid groups (broad SMARTS) is 1. The third kappa shape index (κ3) is 2.15. The lowest BCUT2D eigenvalue weighted by Crippen LogP contribution is -2.27. The van der Waals surface area contributed by atoms with Crippen molar-refractivity contribution in [2.24, 2.45) is 11.8 Å². The van der Waals surface area contributed by atoms with Gasteiger partial charge in [0.1, 0.15) is 11.4 Å². The summed E-state index contributed by atoms with van der Waals surface area (Å²) >= 11 is 0. The van der Waals surface area contributed by atoms with Crippen LogP contribution < -0.4 is 5.32 Å². The van der Waals surface area contributed by atoms with E-state index >= 15 is 0 Å². The Labute approximate surface area is 123 Å². The summed E-state index contributed by atoms with van der Waals surface area (Å²) in [6.45, 7) is 0. The van der Waals surface area contributed by atoms with Crippen LogP contribution in [0.3, 0.4) is 0 Å². The Bertz CT molecular complexity index is 713. The number of benzene rings is 1. The summed E-state index contributed by atoms with van der Waals surface area (Å²) < 4.78 is 0. The van der Waals surface area contributed by atoms with Crippen LogP contribution in [0.25, 0.3) is 10.9 Å². The van der Waals surface area contributed by atoms with E-state index in [1.165, 1.54) is 19.3 Å². The average Bonchev–Trinajstić information content (AvgIpc) is 3.09. The molecule has 1 heterocycles. The van der Waals surface area contributed by atoms with Gasteiger partial charge in [-0.1, -0.05) is 24.6 Å². The van der Waals surface area contributed by atoms with E-state index in [0.717, 1.165) is 23.2 Å². The van der Waals surface area contributed by atoms with Gasteiger partial charge in [0.05, 0.1) is 5.52 Å². The van der Waals surface area contributed by atoms with E-state index in [2.05, 4.69) is 10.3 Å². The summed E-state index contributed by atoms with van der Waals surface area (Å²) in [6, 6.07) is 9.76. The maximum Gasteiger partial charge on any atom is 0.339 e. The first kappa shape index (κ1) is 12.6. The molecule has 0 spiro atoms. The summed E-state index contributed by atoms with van der Waals surface area (Å²) in [5.74, 6) is 1.11. The largest absolute Gasteiger partial charge is 0.478 e. The van der Waals surface area contributed by atoms with E-state index in [0.29, 0.717) is 17.8 Å². The van der Waals surface area contributed by atoms with Crippen molar-refractivity contribution >= 4 is 22.7 Å². The molecule has 1 aromatic heterocycles. The van der Waals surface area contributed by atoms with Crippen LogP contribution in [-0.2, 0) is 0 Å². The molecule has 2 N–H and O–H groups in total. The molecule has 0 aliphatic heterocycles. The maximum absolute atomic E-state index is 11.5. The van der Waals surface area contributed by atoms with Crippen molar-refractivity contribution in [3.63, 3.8) is 0 Å². The zero-order chi connectivity index (χ0) is 14.4. The molecule has 3 unspecified atom stereocenters. The van der Waals surface area contributed by atoms with Crippen LogP contribution in [0.15, 0.2) is 30.3 Å². The molecule has 4 heteroatoms. The zero-order valence-electron chi connectivity index (χ0n) is 11.7. The Hall–Kier alpha value is -2.10. The van der Waals surface area contributed by atoms with E-state index in [1.807, 2.05) is 24.3 Å². The average molecular weight is 282 g/mol. The van der Waals surface area contributed by atoms with Gasteiger partial charge in [0.25, 0.3) is 0 Å². The first-order valence-electron chi connectivity index (χ1n) is 7.60. The Morgan fingerprint density at radius 3 is 2.81 bits per heavy atom. The standard InChI is InChI=1S/C17H18N2O2/c20-17(21)13-9-11-3-1-2-4-14(11)18-16(13)19-15-8-10-5-6-12(15)7-10/h1-4,9-10,12,15H,5-8H2,(H,18,19)(H,20,21). The molecule has 4 nitrogen and oxygen atoms in total. The molecule has 2 aliphatic carbocycles. The normalized spacial score (nSPS) is 27.1. The van der Waals surface area contributed by atoms with Gasteiger partial charge in [0.15, 0.2) is 0 Å². The second-order valence-corrected chi connectivity index (χ2v) is 6.31. The topological polar surface area (TPSA) is 62.2 Å². The number of fused-ring (bicyclic) bond motifs is 3. The highest BCUT2D eigenvalue weighted by Crippen LogP contribution is 2.45. The van der Waals surface area contributed by atoms with Crippen molar-refractivity contribution in [2.75, 3.05) is 5.32 Å². The predicted molar refractivity (Wildman–Crippen MR) is 81.6 cm³/mol. The van der Waals surface area contributed by atoms with E-state index in [9.17, 15) is 9.90 Å². The molecule has 1 aromatic carbocycles. The van der Waals surface area contributed by atoms with Gasteiger partial charge in [-0.3, -0.25) is 0 Å². The molecule has 2 aromatic rings. The number of carboxylic acids is 1. The van der Waals surface area contributed by atoms with Gasteiger partial charge in [0.2, 0.25) is 0 Å². The first-order chi connectivity index (χ1) is 10.2. The minimum atomic E-state index is -0.918. The van der Waals surface area contributed by atoms with Crippen LogP contribution in [0, 0.1) is 11.8 Å². The second-order valence-electron chi connectivity index (χ2n) is 6.31. The molecule has 2 aliphatic rings. The quantitative estimate of drug-likeness (QED) is 0.904. The minimum absolute atomic E-state index is 0.275. The number of anilines is 1. The number of pyridine rings is 1. The Balaban J connectivity index is 1.72. The van der Waals surface area contributed by atoms with Crippen LogP contribution in [0.2, 0.25) is 0 Å². The number of hydrogen-bond acceptors (Lipinski definition) is 3. The number of aromatic nitrogens is 1. The van der Waals surface area contributed by atoms with Crippen molar-refractivity contribution in [3.8, 4) is 0 Å². The summed E-state index contributed by atoms with van der Waals surface area (Å²) in [5, 5.41) is 13.7. The van der Waals surface area contributed by atoms with Gasteiger partial charge >= 0.3 is 5.97 Å². The summed E-state index contributed by atoms with van der Waals surface area (Å²) in [7, 11) is 0. The Morgan fingerprint density at radius 1 is 1.24 bits per heavy atom. The third-order valence-electron chi connectivity index (χ3n) is 5.01. The van der Waals surface area contributed by atoms with Crippen molar-refractivity contribution in [2.45, 2.75) is 31.7 Å². The maximum atomic E-state index is 11.5. The fraction of sp³-hybridized carbons (Fsp3) is 0.412. The molecule has 0 radical (unpaired) electrons. The summed E-state index contributed by atoms with van der Waals surface area (Å²) in [4.78, 5) is 16.1. The molecule has 3 atom stereocenters. The van der Waals surface area contributed by atoms with Gasteiger partial charge in [-0.15, -0.1) is 0 Å². The van der Waals surface area contributed by atoms with Gasteiger partial charge in [-0.05, 0) is 43.2 Å². The first-order valence-corrected chi connectivity index (χ1v) is 7.60. The molecule has 0 amide bonds. The monoisotopic (exact) mass is 282 g/mol. The van der Waals surface area contributed by atoms with Crippen LogP contribution in [-0.4, -0.2) is 22.1 Å². The molecule has 2 fully saturated rings. The fourth-order valence-corrected chi connectivity index (χ4v) is 3.99. The number of carbonyl (C=O) groups is 1. The lowest BCUT2D eigenvalue weighted by molar-refractivity contribution is 0.0697. The minimum Gasteiger partial charge on any atom is -0.478 e. The zero-order valence-corrected chi connectivity index (χ0v) is 11.7. The van der Waals surface area contributed by atoms with Crippen molar-refractivity contribution < 1.29 is 9.90 Å². The predicted octanol–water partition coefficient (Wildman–Crippen LogP) is 3.53. The van der Waals surface area contributed by atoms with Gasteiger partial charge in [-0.25, -0.2) is 9.78 Å². The molecule has 2 saturated carbocycles. The highest BCUT2D eigenvalue weighted by atomic mass is 16.4. The number of nitrogens with zero attached hydrogens (tertiary/aromatic N) is 1. The lowest BCUT2D eigenvalue weighted by Gasteiger charge is -2.24. The third-order valence-corrected chi connectivity index (χ3v) is 5.01. The number of nitrogens with one attached hydrogen (secondary N) is 1. The molecule has 0 saturated heterocycles. The van der Waals surface area contributed by atoms with Gasteiger partial charge in [0, 0.05) is 11.4 Å². The molecule has 21 heavy (non-hydrogen) atoms. The molecular weight excluding hydrogens is 264 g/mol.